The molecule has 100 valence electrons. The summed E-state index contributed by atoms with van der Waals surface area (Å²) in [6.07, 6.45) is 3.49. The van der Waals surface area contributed by atoms with E-state index in [2.05, 4.69) is 15.3 Å². The van der Waals surface area contributed by atoms with Crippen LogP contribution in [0.5, 0.6) is 5.88 Å². The highest BCUT2D eigenvalue weighted by atomic mass is 16.5. The van der Waals surface area contributed by atoms with E-state index >= 15 is 0 Å². The Morgan fingerprint density at radius 3 is 2.67 bits per heavy atom. The van der Waals surface area contributed by atoms with E-state index in [9.17, 15) is 0 Å². The molecule has 2 rings (SSSR count). The maximum atomic E-state index is 5.82. The van der Waals surface area contributed by atoms with Gasteiger partial charge in [0.2, 0.25) is 11.8 Å². The third-order valence-electron chi connectivity index (χ3n) is 3.27. The lowest BCUT2D eigenvalue weighted by molar-refractivity contribution is 0.231. The van der Waals surface area contributed by atoms with Gasteiger partial charge in [0.15, 0.2) is 0 Å². The van der Waals surface area contributed by atoms with E-state index in [0.717, 1.165) is 18.5 Å². The van der Waals surface area contributed by atoms with Gasteiger partial charge in [-0.3, -0.25) is 0 Å². The van der Waals surface area contributed by atoms with Crippen LogP contribution in [0.3, 0.4) is 0 Å². The lowest BCUT2D eigenvalue weighted by atomic mass is 9.77. The second kappa shape index (κ2) is 5.10. The number of nitrogens with two attached hydrogens (primary N) is 1. The van der Waals surface area contributed by atoms with E-state index in [0.29, 0.717) is 18.4 Å². The SMILES string of the molecule is Cc1cc(OC(C)C)nc(NC2(CN)CCC2)n1. The topological polar surface area (TPSA) is 73.1 Å². The zero-order chi connectivity index (χ0) is 13.2. The molecule has 1 heterocycles. The third-order valence-corrected chi connectivity index (χ3v) is 3.27. The third kappa shape index (κ3) is 2.90. The minimum absolute atomic E-state index is 0.0110. The molecule has 0 aliphatic heterocycles. The van der Waals surface area contributed by atoms with Crippen LogP contribution in [-0.4, -0.2) is 28.2 Å². The number of aromatic nitrogens is 2. The summed E-state index contributed by atoms with van der Waals surface area (Å²) >= 11 is 0. The van der Waals surface area contributed by atoms with Gasteiger partial charge in [-0.15, -0.1) is 0 Å². The zero-order valence-corrected chi connectivity index (χ0v) is 11.4. The van der Waals surface area contributed by atoms with Gasteiger partial charge >= 0.3 is 0 Å². The fourth-order valence-corrected chi connectivity index (χ4v) is 2.12. The van der Waals surface area contributed by atoms with Crippen LogP contribution in [0.1, 0.15) is 38.8 Å². The van der Waals surface area contributed by atoms with Crippen LogP contribution in [-0.2, 0) is 0 Å². The molecule has 5 heteroatoms. The Morgan fingerprint density at radius 1 is 1.44 bits per heavy atom. The van der Waals surface area contributed by atoms with Crippen LogP contribution >= 0.6 is 0 Å². The van der Waals surface area contributed by atoms with Crippen molar-refractivity contribution in [2.45, 2.75) is 51.7 Å². The van der Waals surface area contributed by atoms with Crippen molar-refractivity contribution in [1.82, 2.24) is 9.97 Å². The number of rotatable bonds is 5. The molecule has 0 aromatic carbocycles. The summed E-state index contributed by atoms with van der Waals surface area (Å²) in [5.74, 6) is 1.24. The highest BCUT2D eigenvalue weighted by Gasteiger charge is 2.36. The van der Waals surface area contributed by atoms with Crippen LogP contribution in [0, 0.1) is 6.92 Å². The van der Waals surface area contributed by atoms with Crippen molar-refractivity contribution < 1.29 is 4.74 Å². The number of nitrogens with zero attached hydrogens (tertiary/aromatic N) is 2. The summed E-state index contributed by atoms with van der Waals surface area (Å²) in [5, 5.41) is 3.37. The molecule has 0 saturated heterocycles. The minimum Gasteiger partial charge on any atom is -0.475 e. The number of nitrogens with one attached hydrogen (secondary N) is 1. The lowest BCUT2D eigenvalue weighted by Crippen LogP contribution is -2.51. The van der Waals surface area contributed by atoms with Crippen molar-refractivity contribution in [1.29, 1.82) is 0 Å². The van der Waals surface area contributed by atoms with Gasteiger partial charge in [0.1, 0.15) is 0 Å². The highest BCUT2D eigenvalue weighted by molar-refractivity contribution is 5.35. The lowest BCUT2D eigenvalue weighted by Gasteiger charge is -2.41. The van der Waals surface area contributed by atoms with Gasteiger partial charge < -0.3 is 15.8 Å². The van der Waals surface area contributed by atoms with Crippen LogP contribution < -0.4 is 15.8 Å². The Morgan fingerprint density at radius 2 is 2.17 bits per heavy atom. The molecule has 1 fully saturated rings. The molecule has 0 unspecified atom stereocenters. The molecule has 1 aromatic heterocycles. The van der Waals surface area contributed by atoms with Crippen molar-refractivity contribution in [2.75, 3.05) is 11.9 Å². The molecule has 1 aromatic rings. The summed E-state index contributed by atoms with van der Waals surface area (Å²) in [4.78, 5) is 8.79. The van der Waals surface area contributed by atoms with Crippen LogP contribution in [0.25, 0.3) is 0 Å². The number of aryl methyl sites for hydroxylation is 1. The maximum absolute atomic E-state index is 5.82. The normalized spacial score (nSPS) is 17.4. The first-order chi connectivity index (χ1) is 8.53. The van der Waals surface area contributed by atoms with E-state index in [4.69, 9.17) is 10.5 Å². The summed E-state index contributed by atoms with van der Waals surface area (Å²) in [6, 6.07) is 1.85. The summed E-state index contributed by atoms with van der Waals surface area (Å²) in [5.41, 5.74) is 6.71. The summed E-state index contributed by atoms with van der Waals surface area (Å²) in [7, 11) is 0. The fraction of sp³-hybridized carbons (Fsp3) is 0.692. The van der Waals surface area contributed by atoms with Crippen LogP contribution in [0.4, 0.5) is 5.95 Å². The van der Waals surface area contributed by atoms with Gasteiger partial charge in [0.05, 0.1) is 11.6 Å². The van der Waals surface area contributed by atoms with Gasteiger partial charge in [0.25, 0.3) is 0 Å². The Balaban J connectivity index is 2.14. The maximum Gasteiger partial charge on any atom is 0.226 e. The minimum atomic E-state index is -0.0110. The monoisotopic (exact) mass is 250 g/mol. The standard InChI is InChI=1S/C13H22N4O/c1-9(2)18-11-7-10(3)15-12(16-11)17-13(8-14)5-4-6-13/h7,9H,4-6,8,14H2,1-3H3,(H,15,16,17). The number of hydrogen-bond donors (Lipinski definition) is 2. The van der Waals surface area contributed by atoms with Crippen LogP contribution in [0.15, 0.2) is 6.07 Å². The summed E-state index contributed by atoms with van der Waals surface area (Å²) in [6.45, 7) is 6.52. The smallest absolute Gasteiger partial charge is 0.226 e. The average Bonchev–Trinajstić information content (AvgIpc) is 2.21. The second-order valence-corrected chi connectivity index (χ2v) is 5.30. The van der Waals surface area contributed by atoms with Gasteiger partial charge in [-0.1, -0.05) is 0 Å². The Hall–Kier alpha value is -1.36. The molecule has 0 amide bonds. The predicted molar refractivity (Wildman–Crippen MR) is 71.8 cm³/mol. The molecular formula is C13H22N4O. The molecule has 1 saturated carbocycles. The number of hydrogen-bond acceptors (Lipinski definition) is 5. The number of anilines is 1. The van der Waals surface area contributed by atoms with E-state index in [1.54, 1.807) is 0 Å². The molecule has 0 atom stereocenters. The van der Waals surface area contributed by atoms with E-state index in [1.807, 2.05) is 26.8 Å². The van der Waals surface area contributed by atoms with E-state index in [1.165, 1.54) is 6.42 Å². The first kappa shape index (κ1) is 13.1. The largest absolute Gasteiger partial charge is 0.475 e. The van der Waals surface area contributed by atoms with Crippen molar-refractivity contribution in [3.63, 3.8) is 0 Å². The second-order valence-electron chi connectivity index (χ2n) is 5.30. The van der Waals surface area contributed by atoms with Crippen molar-refractivity contribution in [2.24, 2.45) is 5.73 Å². The zero-order valence-electron chi connectivity index (χ0n) is 11.4. The molecule has 5 nitrogen and oxygen atoms in total. The van der Waals surface area contributed by atoms with Gasteiger partial charge in [-0.2, -0.15) is 4.98 Å². The van der Waals surface area contributed by atoms with Crippen molar-refractivity contribution in [3.05, 3.63) is 11.8 Å². The van der Waals surface area contributed by atoms with Gasteiger partial charge in [-0.25, -0.2) is 4.98 Å². The van der Waals surface area contributed by atoms with Gasteiger partial charge in [-0.05, 0) is 40.0 Å². The van der Waals surface area contributed by atoms with Crippen molar-refractivity contribution >= 4 is 5.95 Å². The molecule has 0 radical (unpaired) electrons. The van der Waals surface area contributed by atoms with Crippen molar-refractivity contribution in [3.8, 4) is 5.88 Å². The quantitative estimate of drug-likeness (QED) is 0.834. The predicted octanol–water partition coefficient (Wildman–Crippen LogP) is 1.87. The molecule has 1 aliphatic rings. The average molecular weight is 250 g/mol. The molecule has 1 aliphatic carbocycles. The van der Waals surface area contributed by atoms with Crippen LogP contribution in [0.2, 0.25) is 0 Å². The molecular weight excluding hydrogens is 228 g/mol. The van der Waals surface area contributed by atoms with Gasteiger partial charge in [0, 0.05) is 18.3 Å². The Bertz CT molecular complexity index is 410. The summed E-state index contributed by atoms with van der Waals surface area (Å²) < 4.78 is 5.61. The van der Waals surface area contributed by atoms with E-state index in [-0.39, 0.29) is 11.6 Å². The molecule has 18 heavy (non-hydrogen) atoms. The first-order valence-corrected chi connectivity index (χ1v) is 6.54. The highest BCUT2D eigenvalue weighted by Crippen LogP contribution is 2.33. The molecule has 0 spiro atoms. The Labute approximate surface area is 108 Å². The first-order valence-electron chi connectivity index (χ1n) is 6.54. The molecule has 0 bridgehead atoms. The fourth-order valence-electron chi connectivity index (χ4n) is 2.12. The molecule has 3 N–H and O–H groups in total. The Kier molecular flexibility index (Phi) is 3.71. The number of ether oxygens (including phenoxy) is 1. The van der Waals surface area contributed by atoms with E-state index < -0.39 is 0 Å².